The fraction of sp³-hybridized carbons (Fsp3) is 0.250. The lowest BCUT2D eigenvalue weighted by Crippen LogP contribution is -2.24. The molecule has 1 heterocycles. The highest BCUT2D eigenvalue weighted by Gasteiger charge is 2.27. The van der Waals surface area contributed by atoms with E-state index in [2.05, 4.69) is 42.2 Å². The van der Waals surface area contributed by atoms with Gasteiger partial charge in [-0.05, 0) is 48.7 Å². The Balaban J connectivity index is 2.12. The Morgan fingerprint density at radius 3 is 2.74 bits per heavy atom. The van der Waals surface area contributed by atoms with Gasteiger partial charge in [-0.1, -0.05) is 29.8 Å². The molecular formula is C16H15Cl2N. The molecule has 0 saturated carbocycles. The molecule has 1 aliphatic heterocycles. The minimum Gasteiger partial charge on any atom is -0.338 e. The molecular weight excluding hydrogens is 277 g/mol. The predicted octanol–water partition coefficient (Wildman–Crippen LogP) is 5.16. The van der Waals surface area contributed by atoms with E-state index in [0.29, 0.717) is 11.9 Å². The summed E-state index contributed by atoms with van der Waals surface area (Å²) < 4.78 is 0. The van der Waals surface area contributed by atoms with E-state index < -0.39 is 0 Å². The minimum absolute atomic E-state index is 0.445. The van der Waals surface area contributed by atoms with Crippen molar-refractivity contribution in [2.24, 2.45) is 0 Å². The molecule has 0 spiro atoms. The van der Waals surface area contributed by atoms with Crippen LogP contribution in [0.25, 0.3) is 0 Å². The molecule has 1 unspecified atom stereocenters. The molecule has 0 fully saturated rings. The first kappa shape index (κ1) is 12.8. The van der Waals surface area contributed by atoms with Gasteiger partial charge in [-0.3, -0.25) is 0 Å². The summed E-state index contributed by atoms with van der Waals surface area (Å²) in [4.78, 5) is 2.36. The molecule has 0 amide bonds. The second-order valence-corrected chi connectivity index (χ2v) is 5.66. The lowest BCUT2D eigenvalue weighted by Gasteiger charge is -2.27. The first-order valence-electron chi connectivity index (χ1n) is 6.42. The van der Waals surface area contributed by atoms with E-state index in [-0.39, 0.29) is 0 Å². The number of nitrogens with zero attached hydrogens (tertiary/aromatic N) is 1. The molecule has 19 heavy (non-hydrogen) atoms. The molecule has 0 saturated heterocycles. The molecule has 1 aliphatic rings. The number of hydrogen-bond acceptors (Lipinski definition) is 1. The van der Waals surface area contributed by atoms with Gasteiger partial charge in [-0.25, -0.2) is 0 Å². The van der Waals surface area contributed by atoms with Crippen molar-refractivity contribution in [2.75, 3.05) is 4.90 Å². The Morgan fingerprint density at radius 1 is 1.16 bits per heavy atom. The molecule has 0 bridgehead atoms. The van der Waals surface area contributed by atoms with E-state index in [9.17, 15) is 0 Å². The minimum atomic E-state index is 0.445. The smallest absolute Gasteiger partial charge is 0.0495 e. The number of anilines is 2. The van der Waals surface area contributed by atoms with Gasteiger partial charge >= 0.3 is 0 Å². The zero-order chi connectivity index (χ0) is 13.4. The second-order valence-electron chi connectivity index (χ2n) is 4.96. The van der Waals surface area contributed by atoms with Crippen LogP contribution in [0, 0.1) is 0 Å². The monoisotopic (exact) mass is 291 g/mol. The Kier molecular flexibility index (Phi) is 3.42. The average Bonchev–Trinajstić information content (AvgIpc) is 2.74. The number of halogens is 2. The third-order valence-electron chi connectivity index (χ3n) is 3.65. The van der Waals surface area contributed by atoms with Crippen molar-refractivity contribution in [3.05, 3.63) is 58.6 Å². The van der Waals surface area contributed by atoms with Gasteiger partial charge in [0.15, 0.2) is 0 Å². The van der Waals surface area contributed by atoms with E-state index >= 15 is 0 Å². The highest BCUT2D eigenvalue weighted by atomic mass is 35.5. The van der Waals surface area contributed by atoms with Gasteiger partial charge in [0.2, 0.25) is 0 Å². The van der Waals surface area contributed by atoms with Gasteiger partial charge in [0.1, 0.15) is 0 Å². The molecule has 2 aromatic carbocycles. The Bertz CT molecular complexity index is 609. The number of para-hydroxylation sites is 1. The van der Waals surface area contributed by atoms with Gasteiger partial charge in [0.05, 0.1) is 0 Å². The normalized spacial score (nSPS) is 17.6. The molecule has 3 rings (SSSR count). The summed E-state index contributed by atoms with van der Waals surface area (Å²) in [5.74, 6) is 0.473. The first-order valence-corrected chi connectivity index (χ1v) is 7.33. The van der Waals surface area contributed by atoms with Crippen LogP contribution >= 0.6 is 23.2 Å². The number of rotatable bonds is 2. The summed E-state index contributed by atoms with van der Waals surface area (Å²) in [5.41, 5.74) is 4.92. The van der Waals surface area contributed by atoms with Crippen molar-refractivity contribution in [3.63, 3.8) is 0 Å². The summed E-state index contributed by atoms with van der Waals surface area (Å²) in [6.45, 7) is 2.24. The quantitative estimate of drug-likeness (QED) is 0.691. The molecule has 0 radical (unpaired) electrons. The maximum atomic E-state index is 6.07. The highest BCUT2D eigenvalue weighted by Crippen LogP contribution is 2.40. The molecule has 1 atom stereocenters. The zero-order valence-corrected chi connectivity index (χ0v) is 12.2. The van der Waals surface area contributed by atoms with Gasteiger partial charge in [0, 0.05) is 28.3 Å². The van der Waals surface area contributed by atoms with Crippen LogP contribution in [0.15, 0.2) is 42.5 Å². The molecule has 98 valence electrons. The maximum absolute atomic E-state index is 6.07. The van der Waals surface area contributed by atoms with E-state index in [1.54, 1.807) is 0 Å². The lowest BCUT2D eigenvalue weighted by molar-refractivity contribution is 0.757. The van der Waals surface area contributed by atoms with Crippen LogP contribution in [0.5, 0.6) is 0 Å². The van der Waals surface area contributed by atoms with Crippen molar-refractivity contribution in [2.45, 2.75) is 25.3 Å². The van der Waals surface area contributed by atoms with Crippen LogP contribution in [0.1, 0.15) is 18.1 Å². The molecule has 2 aromatic rings. The maximum Gasteiger partial charge on any atom is 0.0495 e. The topological polar surface area (TPSA) is 3.24 Å². The average molecular weight is 292 g/mol. The standard InChI is InChI=1S/C16H15Cl2N/c1-11-8-12-4-2-3-5-15(12)19(11)16-7-6-14(18)9-13(16)10-17/h2-7,9,11H,8,10H2,1H3. The zero-order valence-electron chi connectivity index (χ0n) is 10.7. The number of hydrogen-bond donors (Lipinski definition) is 0. The highest BCUT2D eigenvalue weighted by molar-refractivity contribution is 6.30. The second kappa shape index (κ2) is 5.07. The summed E-state index contributed by atoms with van der Waals surface area (Å²) >= 11 is 12.1. The van der Waals surface area contributed by atoms with Crippen LogP contribution < -0.4 is 4.90 Å². The Labute approximate surface area is 123 Å². The van der Waals surface area contributed by atoms with E-state index in [1.807, 2.05) is 12.1 Å². The summed E-state index contributed by atoms with van der Waals surface area (Å²) in [6, 6.07) is 14.9. The third-order valence-corrected chi connectivity index (χ3v) is 4.18. The molecule has 0 aromatic heterocycles. The van der Waals surface area contributed by atoms with Crippen LogP contribution in [0.4, 0.5) is 11.4 Å². The number of fused-ring (bicyclic) bond motifs is 1. The first-order chi connectivity index (χ1) is 9.20. The van der Waals surface area contributed by atoms with Crippen LogP contribution in [0.3, 0.4) is 0 Å². The SMILES string of the molecule is CC1Cc2ccccc2N1c1ccc(Cl)cc1CCl. The van der Waals surface area contributed by atoms with Crippen molar-refractivity contribution < 1.29 is 0 Å². The van der Waals surface area contributed by atoms with E-state index in [4.69, 9.17) is 23.2 Å². The largest absolute Gasteiger partial charge is 0.338 e. The molecule has 0 aliphatic carbocycles. The molecule has 3 heteroatoms. The van der Waals surface area contributed by atoms with Crippen LogP contribution in [0.2, 0.25) is 5.02 Å². The number of benzene rings is 2. The summed E-state index contributed by atoms with van der Waals surface area (Å²) in [6.07, 6.45) is 1.07. The Hall–Kier alpha value is -1.18. The van der Waals surface area contributed by atoms with Crippen molar-refractivity contribution >= 4 is 34.6 Å². The molecule has 0 N–H and O–H groups in total. The van der Waals surface area contributed by atoms with Crippen LogP contribution in [-0.4, -0.2) is 6.04 Å². The van der Waals surface area contributed by atoms with Crippen molar-refractivity contribution in [3.8, 4) is 0 Å². The van der Waals surface area contributed by atoms with Crippen LogP contribution in [-0.2, 0) is 12.3 Å². The van der Waals surface area contributed by atoms with Gasteiger partial charge in [-0.15, -0.1) is 11.6 Å². The Morgan fingerprint density at radius 2 is 1.95 bits per heavy atom. The predicted molar refractivity (Wildman–Crippen MR) is 82.8 cm³/mol. The van der Waals surface area contributed by atoms with Gasteiger partial charge in [0.25, 0.3) is 0 Å². The summed E-state index contributed by atoms with van der Waals surface area (Å²) in [7, 11) is 0. The van der Waals surface area contributed by atoms with Gasteiger partial charge in [-0.2, -0.15) is 0 Å². The molecule has 1 nitrogen and oxygen atoms in total. The number of alkyl halides is 1. The fourth-order valence-electron chi connectivity index (χ4n) is 2.83. The lowest BCUT2D eigenvalue weighted by atomic mass is 10.1. The van der Waals surface area contributed by atoms with E-state index in [1.165, 1.54) is 11.3 Å². The summed E-state index contributed by atoms with van der Waals surface area (Å²) in [5, 5.41) is 0.736. The fourth-order valence-corrected chi connectivity index (χ4v) is 3.24. The van der Waals surface area contributed by atoms with Crippen molar-refractivity contribution in [1.82, 2.24) is 0 Å². The van der Waals surface area contributed by atoms with Gasteiger partial charge < -0.3 is 4.90 Å². The van der Waals surface area contributed by atoms with Crippen molar-refractivity contribution in [1.29, 1.82) is 0 Å². The van der Waals surface area contributed by atoms with E-state index in [0.717, 1.165) is 22.7 Å². The third kappa shape index (κ3) is 2.22.